The number of nitrogens with one attached hydrogen (secondary N) is 1. The van der Waals surface area contributed by atoms with Gasteiger partial charge in [0, 0.05) is 26.2 Å². The topological polar surface area (TPSA) is 44.7 Å². The Hall–Kier alpha value is -0.160. The van der Waals surface area contributed by atoms with Crippen molar-refractivity contribution in [3.05, 3.63) is 0 Å². The van der Waals surface area contributed by atoms with Gasteiger partial charge in [-0.15, -0.1) is 0 Å². The van der Waals surface area contributed by atoms with E-state index in [1.165, 1.54) is 0 Å². The maximum Gasteiger partial charge on any atom is 0.0791 e. The molecule has 0 aromatic carbocycles. The Kier molecular flexibility index (Phi) is 6.41. The Morgan fingerprint density at radius 1 is 1.41 bits per heavy atom. The molecule has 0 saturated carbocycles. The number of likely N-dealkylation sites (N-methyl/N-ethyl adjacent to an activating group) is 1. The van der Waals surface area contributed by atoms with Gasteiger partial charge in [-0.25, -0.2) is 0 Å². The summed E-state index contributed by atoms with van der Waals surface area (Å²) in [5, 5.41) is 13.2. The van der Waals surface area contributed by atoms with Crippen molar-refractivity contribution in [3.8, 4) is 0 Å². The third kappa shape index (κ3) is 5.34. The molecule has 1 aliphatic rings. The average molecular weight is 244 g/mol. The van der Waals surface area contributed by atoms with Crippen LogP contribution in [0.3, 0.4) is 0 Å². The molecule has 0 radical (unpaired) electrons. The van der Waals surface area contributed by atoms with Gasteiger partial charge in [0.1, 0.15) is 0 Å². The lowest BCUT2D eigenvalue weighted by Crippen LogP contribution is -2.43. The molecule has 4 heteroatoms. The first kappa shape index (κ1) is 14.9. The van der Waals surface area contributed by atoms with E-state index in [2.05, 4.69) is 31.0 Å². The lowest BCUT2D eigenvalue weighted by Gasteiger charge is -2.26. The van der Waals surface area contributed by atoms with Gasteiger partial charge in [-0.3, -0.25) is 0 Å². The number of aliphatic hydroxyl groups is 1. The second kappa shape index (κ2) is 7.31. The fourth-order valence-corrected chi connectivity index (χ4v) is 2.32. The minimum absolute atomic E-state index is 0.0189. The maximum absolute atomic E-state index is 9.89. The largest absolute Gasteiger partial charge is 0.390 e. The first-order valence-electron chi connectivity index (χ1n) is 6.84. The normalized spacial score (nSPS) is 26.6. The summed E-state index contributed by atoms with van der Waals surface area (Å²) in [4.78, 5) is 2.24. The molecule has 0 amide bonds. The predicted molar refractivity (Wildman–Crippen MR) is 70.3 cm³/mol. The molecule has 1 rings (SSSR count). The molecule has 1 saturated heterocycles. The molecule has 0 spiro atoms. The summed E-state index contributed by atoms with van der Waals surface area (Å²) in [6, 6.07) is 0. The van der Waals surface area contributed by atoms with Crippen molar-refractivity contribution in [1.29, 1.82) is 0 Å². The first-order valence-corrected chi connectivity index (χ1v) is 6.84. The zero-order valence-corrected chi connectivity index (χ0v) is 11.5. The smallest absolute Gasteiger partial charge is 0.0791 e. The minimum atomic E-state index is -0.292. The Labute approximate surface area is 105 Å². The van der Waals surface area contributed by atoms with Crippen LogP contribution in [0.1, 0.15) is 33.6 Å². The van der Waals surface area contributed by atoms with Gasteiger partial charge in [-0.2, -0.15) is 0 Å². The summed E-state index contributed by atoms with van der Waals surface area (Å²) in [7, 11) is 0. The highest BCUT2D eigenvalue weighted by Gasteiger charge is 2.29. The predicted octanol–water partition coefficient (Wildman–Crippen LogP) is 0.848. The van der Waals surface area contributed by atoms with Crippen molar-refractivity contribution in [2.24, 2.45) is 0 Å². The molecule has 1 aliphatic heterocycles. The van der Waals surface area contributed by atoms with Crippen LogP contribution in [0.4, 0.5) is 0 Å². The Morgan fingerprint density at radius 2 is 2.12 bits per heavy atom. The molecule has 0 aromatic heterocycles. The van der Waals surface area contributed by atoms with Crippen LogP contribution in [0.25, 0.3) is 0 Å². The Morgan fingerprint density at radius 3 is 2.65 bits per heavy atom. The number of ether oxygens (including phenoxy) is 1. The number of aliphatic hydroxyl groups excluding tert-OH is 1. The van der Waals surface area contributed by atoms with Gasteiger partial charge < -0.3 is 20.1 Å². The van der Waals surface area contributed by atoms with Gasteiger partial charge in [0.25, 0.3) is 0 Å². The van der Waals surface area contributed by atoms with Gasteiger partial charge in [-0.1, -0.05) is 13.8 Å². The van der Waals surface area contributed by atoms with Gasteiger partial charge in [0.2, 0.25) is 0 Å². The molecule has 0 aromatic rings. The summed E-state index contributed by atoms with van der Waals surface area (Å²) >= 11 is 0. The summed E-state index contributed by atoms with van der Waals surface area (Å²) in [6.45, 7) is 11.5. The van der Waals surface area contributed by atoms with E-state index in [0.29, 0.717) is 6.54 Å². The fraction of sp³-hybridized carbons (Fsp3) is 1.00. The number of hydrogen-bond acceptors (Lipinski definition) is 4. The molecule has 17 heavy (non-hydrogen) atoms. The molecule has 0 aliphatic carbocycles. The van der Waals surface area contributed by atoms with Crippen LogP contribution >= 0.6 is 0 Å². The summed E-state index contributed by atoms with van der Waals surface area (Å²) in [5.41, 5.74) is -0.0189. The van der Waals surface area contributed by atoms with E-state index in [0.717, 1.165) is 45.6 Å². The van der Waals surface area contributed by atoms with E-state index in [1.54, 1.807) is 0 Å². The lowest BCUT2D eigenvalue weighted by molar-refractivity contribution is 0.0175. The molecule has 102 valence electrons. The molecule has 2 N–H and O–H groups in total. The molecule has 2 unspecified atom stereocenters. The second-order valence-corrected chi connectivity index (χ2v) is 5.17. The lowest BCUT2D eigenvalue weighted by atomic mass is 10.0. The molecule has 1 heterocycles. The number of hydrogen-bond donors (Lipinski definition) is 2. The van der Waals surface area contributed by atoms with Gasteiger partial charge >= 0.3 is 0 Å². The highest BCUT2D eigenvalue weighted by atomic mass is 16.5. The third-order valence-corrected chi connectivity index (χ3v) is 3.54. The Balaban J connectivity index is 2.13. The van der Waals surface area contributed by atoms with Crippen molar-refractivity contribution in [1.82, 2.24) is 10.2 Å². The monoisotopic (exact) mass is 244 g/mol. The first-order chi connectivity index (χ1) is 8.09. The molecular formula is C13H28N2O2. The highest BCUT2D eigenvalue weighted by molar-refractivity contribution is 4.82. The molecular weight excluding hydrogens is 216 g/mol. The van der Waals surface area contributed by atoms with Crippen molar-refractivity contribution in [2.75, 3.05) is 39.3 Å². The Bertz CT molecular complexity index is 202. The molecule has 1 fully saturated rings. The maximum atomic E-state index is 9.89. The van der Waals surface area contributed by atoms with Crippen molar-refractivity contribution in [2.45, 2.75) is 45.3 Å². The van der Waals surface area contributed by atoms with Crippen LogP contribution in [-0.4, -0.2) is 61.0 Å². The van der Waals surface area contributed by atoms with Crippen LogP contribution < -0.4 is 5.32 Å². The molecule has 0 bridgehead atoms. The van der Waals surface area contributed by atoms with Crippen LogP contribution in [-0.2, 0) is 4.74 Å². The van der Waals surface area contributed by atoms with E-state index >= 15 is 0 Å². The van der Waals surface area contributed by atoms with Gasteiger partial charge in [0.05, 0.1) is 11.7 Å². The van der Waals surface area contributed by atoms with E-state index in [9.17, 15) is 5.11 Å². The van der Waals surface area contributed by atoms with Gasteiger partial charge in [-0.05, 0) is 32.9 Å². The highest BCUT2D eigenvalue weighted by Crippen LogP contribution is 2.23. The van der Waals surface area contributed by atoms with Crippen LogP contribution in [0, 0.1) is 0 Å². The van der Waals surface area contributed by atoms with Crippen LogP contribution in [0.15, 0.2) is 0 Å². The van der Waals surface area contributed by atoms with E-state index < -0.39 is 0 Å². The minimum Gasteiger partial charge on any atom is -0.390 e. The number of nitrogens with zero attached hydrogens (tertiary/aromatic N) is 1. The standard InChI is InChI=1S/C13H28N2O2/c1-4-15(5-2)10-12(16)9-14-11-13(3)7-6-8-17-13/h12,14,16H,4-11H2,1-3H3. The zero-order valence-electron chi connectivity index (χ0n) is 11.5. The third-order valence-electron chi connectivity index (χ3n) is 3.54. The van der Waals surface area contributed by atoms with Gasteiger partial charge in [0.15, 0.2) is 0 Å². The van der Waals surface area contributed by atoms with Crippen molar-refractivity contribution in [3.63, 3.8) is 0 Å². The van der Waals surface area contributed by atoms with E-state index in [1.807, 2.05) is 0 Å². The SMILES string of the molecule is CCN(CC)CC(O)CNCC1(C)CCCO1. The van der Waals surface area contributed by atoms with Crippen molar-refractivity contribution < 1.29 is 9.84 Å². The zero-order chi connectivity index (χ0) is 12.7. The summed E-state index contributed by atoms with van der Waals surface area (Å²) in [6.07, 6.45) is 1.98. The van der Waals surface area contributed by atoms with E-state index in [4.69, 9.17) is 4.74 Å². The summed E-state index contributed by atoms with van der Waals surface area (Å²) in [5.74, 6) is 0. The number of rotatable bonds is 8. The van der Waals surface area contributed by atoms with Crippen LogP contribution in [0.2, 0.25) is 0 Å². The quantitative estimate of drug-likeness (QED) is 0.664. The molecule has 4 nitrogen and oxygen atoms in total. The summed E-state index contributed by atoms with van der Waals surface area (Å²) < 4.78 is 5.69. The van der Waals surface area contributed by atoms with E-state index in [-0.39, 0.29) is 11.7 Å². The van der Waals surface area contributed by atoms with Crippen LogP contribution in [0.5, 0.6) is 0 Å². The average Bonchev–Trinajstić information content (AvgIpc) is 2.73. The fourth-order valence-electron chi connectivity index (χ4n) is 2.32. The second-order valence-electron chi connectivity index (χ2n) is 5.17. The molecule has 2 atom stereocenters. The van der Waals surface area contributed by atoms with Crippen molar-refractivity contribution >= 4 is 0 Å².